The van der Waals surface area contributed by atoms with Gasteiger partial charge in [0.05, 0.1) is 11.6 Å². The Morgan fingerprint density at radius 3 is 2.17 bits per heavy atom. The minimum Gasteiger partial charge on any atom is -0.206 e. The quantitative estimate of drug-likeness (QED) is 0.580. The van der Waals surface area contributed by atoms with Crippen molar-refractivity contribution in [3.05, 3.63) is 83.7 Å². The van der Waals surface area contributed by atoms with E-state index in [-0.39, 0.29) is 5.82 Å². The Morgan fingerprint density at radius 2 is 1.54 bits per heavy atom. The fraction of sp³-hybridized carbons (Fsp3) is 0.136. The molecule has 0 spiro atoms. The lowest BCUT2D eigenvalue weighted by Gasteiger charge is -2.12. The molecule has 0 N–H and O–H groups in total. The van der Waals surface area contributed by atoms with Gasteiger partial charge in [-0.3, -0.25) is 0 Å². The van der Waals surface area contributed by atoms with Crippen molar-refractivity contribution in [2.24, 2.45) is 0 Å². The molecule has 0 heterocycles. The number of hydrogen-bond donors (Lipinski definition) is 0. The number of benzene rings is 3. The summed E-state index contributed by atoms with van der Waals surface area (Å²) < 4.78 is 14.5. The van der Waals surface area contributed by atoms with Crippen molar-refractivity contribution in [1.82, 2.24) is 0 Å². The summed E-state index contributed by atoms with van der Waals surface area (Å²) in [5.74, 6) is -0.255. The molecule has 2 heteroatoms. The second-order valence-electron chi connectivity index (χ2n) is 5.80. The van der Waals surface area contributed by atoms with Crippen LogP contribution in [-0.4, -0.2) is 0 Å². The van der Waals surface area contributed by atoms with E-state index >= 15 is 0 Å². The first-order chi connectivity index (χ1) is 11.7. The molecular weight excluding hydrogens is 297 g/mol. The van der Waals surface area contributed by atoms with Crippen LogP contribution in [0.25, 0.3) is 22.3 Å². The van der Waals surface area contributed by atoms with Gasteiger partial charge in [0.15, 0.2) is 0 Å². The number of aryl methyl sites for hydroxylation is 1. The Morgan fingerprint density at radius 1 is 0.875 bits per heavy atom. The number of nitrogens with zero attached hydrogens (tertiary/aromatic N) is 1. The molecule has 0 atom stereocenters. The smallest absolute Gasteiger partial charge is 0.131 e. The Labute approximate surface area is 142 Å². The molecule has 0 fully saturated rings. The molecule has 0 amide bonds. The molecule has 0 aliphatic rings. The van der Waals surface area contributed by atoms with E-state index in [2.05, 4.69) is 25.1 Å². The minimum atomic E-state index is -0.255. The van der Waals surface area contributed by atoms with E-state index < -0.39 is 0 Å². The van der Waals surface area contributed by atoms with Crippen LogP contribution in [0.15, 0.2) is 66.7 Å². The molecule has 118 valence electrons. The van der Waals surface area contributed by atoms with Gasteiger partial charge in [-0.25, -0.2) is 4.39 Å². The van der Waals surface area contributed by atoms with Crippen LogP contribution in [0.4, 0.5) is 4.39 Å². The van der Waals surface area contributed by atoms with Gasteiger partial charge >= 0.3 is 0 Å². The van der Waals surface area contributed by atoms with Crippen molar-refractivity contribution in [2.45, 2.75) is 19.8 Å². The molecule has 0 radical (unpaired) electrons. The van der Waals surface area contributed by atoms with Gasteiger partial charge in [0.25, 0.3) is 0 Å². The average Bonchev–Trinajstić information content (AvgIpc) is 2.63. The van der Waals surface area contributed by atoms with Crippen LogP contribution in [0.1, 0.15) is 24.5 Å². The summed E-state index contributed by atoms with van der Waals surface area (Å²) in [5.41, 5.74) is 5.07. The van der Waals surface area contributed by atoms with Gasteiger partial charge < -0.3 is 0 Å². The molecule has 3 aromatic carbocycles. The van der Waals surface area contributed by atoms with Crippen molar-refractivity contribution >= 4 is 0 Å². The highest BCUT2D eigenvalue weighted by Gasteiger charge is 2.12. The van der Waals surface area contributed by atoms with Crippen LogP contribution < -0.4 is 0 Å². The molecule has 0 aliphatic heterocycles. The van der Waals surface area contributed by atoms with E-state index in [0.717, 1.165) is 29.5 Å². The first kappa shape index (κ1) is 16.0. The average molecular weight is 315 g/mol. The molecule has 3 rings (SSSR count). The molecule has 0 saturated carbocycles. The van der Waals surface area contributed by atoms with Gasteiger partial charge in [-0.05, 0) is 46.9 Å². The third kappa shape index (κ3) is 3.21. The second kappa shape index (κ2) is 7.10. The zero-order chi connectivity index (χ0) is 16.9. The molecule has 0 saturated heterocycles. The summed E-state index contributed by atoms with van der Waals surface area (Å²) in [6.45, 7) is 2.16. The van der Waals surface area contributed by atoms with Gasteiger partial charge in [0, 0.05) is 5.56 Å². The van der Waals surface area contributed by atoms with Crippen LogP contribution in [0.5, 0.6) is 0 Å². The summed E-state index contributed by atoms with van der Waals surface area (Å²) in [6, 6.07) is 22.6. The summed E-state index contributed by atoms with van der Waals surface area (Å²) in [4.78, 5) is 0. The number of rotatable bonds is 4. The fourth-order valence-corrected chi connectivity index (χ4v) is 2.91. The van der Waals surface area contributed by atoms with Crippen molar-refractivity contribution in [1.29, 1.82) is 5.26 Å². The normalized spacial score (nSPS) is 10.4. The lowest BCUT2D eigenvalue weighted by Crippen LogP contribution is -1.91. The predicted molar refractivity (Wildman–Crippen MR) is 96.0 cm³/mol. The van der Waals surface area contributed by atoms with E-state index in [9.17, 15) is 4.39 Å². The maximum absolute atomic E-state index is 14.5. The van der Waals surface area contributed by atoms with Gasteiger partial charge in [-0.1, -0.05) is 61.9 Å². The van der Waals surface area contributed by atoms with Crippen LogP contribution in [-0.2, 0) is 6.42 Å². The lowest BCUT2D eigenvalue weighted by atomic mass is 9.93. The van der Waals surface area contributed by atoms with Crippen LogP contribution in [0.3, 0.4) is 0 Å². The van der Waals surface area contributed by atoms with Gasteiger partial charge in [-0.15, -0.1) is 0 Å². The monoisotopic (exact) mass is 315 g/mol. The third-order valence-corrected chi connectivity index (χ3v) is 4.12. The first-order valence-electron chi connectivity index (χ1n) is 8.11. The number of hydrogen-bond acceptors (Lipinski definition) is 1. The largest absolute Gasteiger partial charge is 0.206 e. The minimum absolute atomic E-state index is 0.255. The summed E-state index contributed by atoms with van der Waals surface area (Å²) in [7, 11) is 0. The molecule has 0 unspecified atom stereocenters. The van der Waals surface area contributed by atoms with Crippen molar-refractivity contribution in [3.8, 4) is 28.3 Å². The maximum Gasteiger partial charge on any atom is 0.131 e. The highest BCUT2D eigenvalue weighted by Crippen LogP contribution is 2.34. The Hall–Kier alpha value is -2.92. The highest BCUT2D eigenvalue weighted by atomic mass is 19.1. The standard InChI is InChI=1S/C22H18FN/c1-2-4-16-7-11-18(12-8-16)20-5-3-6-21(23)22(20)19-13-9-17(15-24)10-14-19/h3,5-14H,2,4H2,1H3. The molecule has 1 nitrogen and oxygen atoms in total. The Balaban J connectivity index is 2.08. The second-order valence-corrected chi connectivity index (χ2v) is 5.80. The van der Waals surface area contributed by atoms with E-state index in [1.807, 2.05) is 18.2 Å². The van der Waals surface area contributed by atoms with Crippen molar-refractivity contribution < 1.29 is 4.39 Å². The summed E-state index contributed by atoms with van der Waals surface area (Å²) in [5, 5.41) is 8.93. The van der Waals surface area contributed by atoms with Crippen LogP contribution in [0, 0.1) is 17.1 Å². The van der Waals surface area contributed by atoms with Gasteiger partial charge in [-0.2, -0.15) is 5.26 Å². The summed E-state index contributed by atoms with van der Waals surface area (Å²) >= 11 is 0. The maximum atomic E-state index is 14.5. The van der Waals surface area contributed by atoms with E-state index in [1.54, 1.807) is 30.3 Å². The van der Waals surface area contributed by atoms with E-state index in [0.29, 0.717) is 11.1 Å². The van der Waals surface area contributed by atoms with E-state index in [1.165, 1.54) is 11.6 Å². The lowest BCUT2D eigenvalue weighted by molar-refractivity contribution is 0.632. The summed E-state index contributed by atoms with van der Waals surface area (Å²) in [6.07, 6.45) is 2.15. The number of nitriles is 1. The first-order valence-corrected chi connectivity index (χ1v) is 8.11. The fourth-order valence-electron chi connectivity index (χ4n) is 2.91. The number of halogens is 1. The Kier molecular flexibility index (Phi) is 4.72. The van der Waals surface area contributed by atoms with Crippen LogP contribution >= 0.6 is 0 Å². The van der Waals surface area contributed by atoms with Crippen molar-refractivity contribution in [3.63, 3.8) is 0 Å². The third-order valence-electron chi connectivity index (χ3n) is 4.12. The van der Waals surface area contributed by atoms with Gasteiger partial charge in [0.2, 0.25) is 0 Å². The zero-order valence-electron chi connectivity index (χ0n) is 13.6. The topological polar surface area (TPSA) is 23.8 Å². The van der Waals surface area contributed by atoms with E-state index in [4.69, 9.17) is 5.26 Å². The zero-order valence-corrected chi connectivity index (χ0v) is 13.6. The molecule has 0 aliphatic carbocycles. The SMILES string of the molecule is CCCc1ccc(-c2cccc(F)c2-c2ccc(C#N)cc2)cc1. The molecule has 24 heavy (non-hydrogen) atoms. The van der Waals surface area contributed by atoms with Crippen molar-refractivity contribution in [2.75, 3.05) is 0 Å². The molecule has 3 aromatic rings. The highest BCUT2D eigenvalue weighted by molar-refractivity contribution is 5.84. The molecule has 0 bridgehead atoms. The van der Waals surface area contributed by atoms with Gasteiger partial charge in [0.1, 0.15) is 5.82 Å². The molecule has 0 aromatic heterocycles. The van der Waals surface area contributed by atoms with Crippen LogP contribution in [0.2, 0.25) is 0 Å². The molecular formula is C22H18FN. The predicted octanol–water partition coefficient (Wildman–Crippen LogP) is 5.98. The Bertz CT molecular complexity index is 871.